The predicted molar refractivity (Wildman–Crippen MR) is 107 cm³/mol. The van der Waals surface area contributed by atoms with Gasteiger partial charge in [0.25, 0.3) is 0 Å². The first-order valence-electron chi connectivity index (χ1n) is 9.15. The lowest BCUT2D eigenvalue weighted by Crippen LogP contribution is -2.46. The average molecular weight is 418 g/mol. The highest BCUT2D eigenvalue weighted by Crippen LogP contribution is 2.22. The third-order valence-corrected chi connectivity index (χ3v) is 5.79. The summed E-state index contributed by atoms with van der Waals surface area (Å²) < 4.78 is 6.62. The molecule has 0 amide bonds. The van der Waals surface area contributed by atoms with Crippen molar-refractivity contribution in [2.45, 2.75) is 6.54 Å². The molecule has 1 aromatic carbocycles. The van der Waals surface area contributed by atoms with Crippen molar-refractivity contribution in [1.82, 2.24) is 14.9 Å². The molecule has 2 aliphatic heterocycles. The summed E-state index contributed by atoms with van der Waals surface area (Å²) in [6.07, 6.45) is 1.69. The van der Waals surface area contributed by atoms with Crippen molar-refractivity contribution in [3.8, 4) is 0 Å². The van der Waals surface area contributed by atoms with Crippen LogP contribution in [0.5, 0.6) is 0 Å². The van der Waals surface area contributed by atoms with Crippen LogP contribution in [0.25, 0.3) is 0 Å². The van der Waals surface area contributed by atoms with Crippen LogP contribution in [0.3, 0.4) is 0 Å². The van der Waals surface area contributed by atoms with Crippen LogP contribution in [0.2, 0.25) is 0 Å². The SMILES string of the molecule is Brc1ccccc1CN1CCN(c2cc(N3CCOCC3)ncn2)CC1. The van der Waals surface area contributed by atoms with Crippen LogP contribution in [0.1, 0.15) is 5.56 Å². The molecular weight excluding hydrogens is 394 g/mol. The molecule has 138 valence electrons. The number of anilines is 2. The number of ether oxygens (including phenoxy) is 1. The first-order chi connectivity index (χ1) is 12.8. The molecule has 0 saturated carbocycles. The molecule has 0 bridgehead atoms. The normalized spacial score (nSPS) is 19.0. The van der Waals surface area contributed by atoms with Crippen molar-refractivity contribution in [2.24, 2.45) is 0 Å². The van der Waals surface area contributed by atoms with Gasteiger partial charge in [0.05, 0.1) is 13.2 Å². The second-order valence-electron chi connectivity index (χ2n) is 6.69. The maximum Gasteiger partial charge on any atom is 0.134 e. The standard InChI is InChI=1S/C19H24BrN5O/c20-17-4-2-1-3-16(17)14-23-5-7-24(8-6-23)18-13-19(22-15-21-18)25-9-11-26-12-10-25/h1-4,13,15H,5-12,14H2. The summed E-state index contributed by atoms with van der Waals surface area (Å²) in [5.41, 5.74) is 1.34. The van der Waals surface area contributed by atoms with Crippen LogP contribution in [0.4, 0.5) is 11.6 Å². The van der Waals surface area contributed by atoms with Crippen LogP contribution in [0, 0.1) is 0 Å². The number of morpholine rings is 1. The lowest BCUT2D eigenvalue weighted by Gasteiger charge is -2.36. The van der Waals surface area contributed by atoms with Crippen molar-refractivity contribution in [3.63, 3.8) is 0 Å². The van der Waals surface area contributed by atoms with E-state index in [9.17, 15) is 0 Å². The molecule has 0 N–H and O–H groups in total. The number of aromatic nitrogens is 2. The number of halogens is 1. The van der Waals surface area contributed by atoms with Gasteiger partial charge < -0.3 is 14.5 Å². The molecule has 2 aromatic rings. The fraction of sp³-hybridized carbons (Fsp3) is 0.474. The molecule has 3 heterocycles. The van der Waals surface area contributed by atoms with E-state index in [0.29, 0.717) is 0 Å². The molecule has 2 fully saturated rings. The van der Waals surface area contributed by atoms with Gasteiger partial charge in [0.1, 0.15) is 18.0 Å². The Bertz CT molecular complexity index is 729. The number of nitrogens with zero attached hydrogens (tertiary/aromatic N) is 5. The Morgan fingerprint density at radius 2 is 1.54 bits per heavy atom. The van der Waals surface area contributed by atoms with Gasteiger partial charge in [-0.1, -0.05) is 34.1 Å². The minimum Gasteiger partial charge on any atom is -0.378 e. The van der Waals surface area contributed by atoms with Crippen molar-refractivity contribution < 1.29 is 4.74 Å². The molecule has 2 saturated heterocycles. The number of hydrogen-bond donors (Lipinski definition) is 0. The summed E-state index contributed by atoms with van der Waals surface area (Å²) in [6.45, 7) is 8.38. The van der Waals surface area contributed by atoms with E-state index >= 15 is 0 Å². The lowest BCUT2D eigenvalue weighted by molar-refractivity contribution is 0.122. The summed E-state index contributed by atoms with van der Waals surface area (Å²) in [7, 11) is 0. The van der Waals surface area contributed by atoms with Gasteiger partial charge in [0, 0.05) is 56.4 Å². The second kappa shape index (κ2) is 8.33. The Labute approximate surface area is 162 Å². The molecule has 0 atom stereocenters. The smallest absolute Gasteiger partial charge is 0.134 e. The molecular formula is C19H24BrN5O. The van der Waals surface area contributed by atoms with Gasteiger partial charge in [-0.3, -0.25) is 4.90 Å². The lowest BCUT2D eigenvalue weighted by atomic mass is 10.2. The number of rotatable bonds is 4. The van der Waals surface area contributed by atoms with Gasteiger partial charge in [0.15, 0.2) is 0 Å². The van der Waals surface area contributed by atoms with Crippen LogP contribution in [0.15, 0.2) is 41.1 Å². The van der Waals surface area contributed by atoms with Gasteiger partial charge >= 0.3 is 0 Å². The highest BCUT2D eigenvalue weighted by Gasteiger charge is 2.20. The zero-order valence-electron chi connectivity index (χ0n) is 14.9. The van der Waals surface area contributed by atoms with Crippen molar-refractivity contribution in [1.29, 1.82) is 0 Å². The Kier molecular flexibility index (Phi) is 5.67. The van der Waals surface area contributed by atoms with Crippen molar-refractivity contribution >= 4 is 27.6 Å². The number of benzene rings is 1. The molecule has 26 heavy (non-hydrogen) atoms. The molecule has 7 heteroatoms. The monoisotopic (exact) mass is 417 g/mol. The summed E-state index contributed by atoms with van der Waals surface area (Å²) in [6, 6.07) is 10.6. The van der Waals surface area contributed by atoms with Crippen LogP contribution in [-0.4, -0.2) is 67.4 Å². The topological polar surface area (TPSA) is 44.7 Å². The van der Waals surface area contributed by atoms with Crippen LogP contribution in [-0.2, 0) is 11.3 Å². The van der Waals surface area contributed by atoms with Crippen LogP contribution < -0.4 is 9.80 Å². The first-order valence-corrected chi connectivity index (χ1v) is 9.94. The molecule has 6 nitrogen and oxygen atoms in total. The third kappa shape index (κ3) is 4.16. The molecule has 4 rings (SSSR count). The highest BCUT2D eigenvalue weighted by molar-refractivity contribution is 9.10. The molecule has 0 unspecified atom stereocenters. The van der Waals surface area contributed by atoms with E-state index in [1.165, 1.54) is 10.0 Å². The Hall–Kier alpha value is -1.70. The van der Waals surface area contributed by atoms with E-state index in [4.69, 9.17) is 4.74 Å². The fourth-order valence-corrected chi connectivity index (χ4v) is 3.89. The number of piperazine rings is 1. The third-order valence-electron chi connectivity index (χ3n) is 5.02. The van der Waals surface area contributed by atoms with Crippen molar-refractivity contribution in [3.05, 3.63) is 46.7 Å². The zero-order chi connectivity index (χ0) is 17.8. The minimum absolute atomic E-state index is 0.771. The molecule has 0 spiro atoms. The van der Waals surface area contributed by atoms with E-state index < -0.39 is 0 Å². The van der Waals surface area contributed by atoms with Gasteiger partial charge in [-0.05, 0) is 11.6 Å². The Morgan fingerprint density at radius 1 is 0.885 bits per heavy atom. The van der Waals surface area contributed by atoms with Gasteiger partial charge in [0.2, 0.25) is 0 Å². The number of hydrogen-bond acceptors (Lipinski definition) is 6. The quantitative estimate of drug-likeness (QED) is 0.760. The summed E-state index contributed by atoms with van der Waals surface area (Å²) in [5.74, 6) is 2.04. The maximum absolute atomic E-state index is 5.43. The molecule has 0 aliphatic carbocycles. The van der Waals surface area contributed by atoms with Gasteiger partial charge in [-0.25, -0.2) is 9.97 Å². The second-order valence-corrected chi connectivity index (χ2v) is 7.54. The predicted octanol–water partition coefficient (Wildman–Crippen LogP) is 2.40. The van der Waals surface area contributed by atoms with E-state index in [2.05, 4.69) is 70.9 Å². The van der Waals surface area contributed by atoms with Gasteiger partial charge in [-0.15, -0.1) is 0 Å². The molecule has 2 aliphatic rings. The largest absolute Gasteiger partial charge is 0.378 e. The summed E-state index contributed by atoms with van der Waals surface area (Å²) in [5, 5.41) is 0. The van der Waals surface area contributed by atoms with Gasteiger partial charge in [-0.2, -0.15) is 0 Å². The summed E-state index contributed by atoms with van der Waals surface area (Å²) in [4.78, 5) is 16.1. The molecule has 0 radical (unpaired) electrons. The minimum atomic E-state index is 0.771. The maximum atomic E-state index is 5.43. The fourth-order valence-electron chi connectivity index (χ4n) is 3.48. The Balaban J connectivity index is 1.36. The average Bonchev–Trinajstić information content (AvgIpc) is 2.71. The van der Waals surface area contributed by atoms with E-state index in [-0.39, 0.29) is 0 Å². The van der Waals surface area contributed by atoms with E-state index in [1.807, 2.05) is 0 Å². The Morgan fingerprint density at radius 3 is 2.23 bits per heavy atom. The van der Waals surface area contributed by atoms with E-state index in [0.717, 1.165) is 70.7 Å². The first kappa shape index (κ1) is 17.7. The van der Waals surface area contributed by atoms with Crippen molar-refractivity contribution in [2.75, 3.05) is 62.3 Å². The molecule has 1 aromatic heterocycles. The van der Waals surface area contributed by atoms with Crippen LogP contribution >= 0.6 is 15.9 Å². The van der Waals surface area contributed by atoms with E-state index in [1.54, 1.807) is 6.33 Å². The zero-order valence-corrected chi connectivity index (χ0v) is 16.4. The highest BCUT2D eigenvalue weighted by atomic mass is 79.9. The summed E-state index contributed by atoms with van der Waals surface area (Å²) >= 11 is 3.65.